The number of aliphatic hydroxyl groups excluding tert-OH is 2. The number of aliphatic carboxylic acids is 2. The maximum atomic E-state index is 13.4. The van der Waals surface area contributed by atoms with E-state index in [1.165, 1.54) is 0 Å². The summed E-state index contributed by atoms with van der Waals surface area (Å²) in [6, 6.07) is 12.5. The Morgan fingerprint density at radius 3 is 2.19 bits per heavy atom. The molecule has 0 bridgehead atoms. The smallest absolute Gasteiger partial charge is 0.335 e. The predicted molar refractivity (Wildman–Crippen MR) is 135 cm³/mol. The number of anilines is 3. The van der Waals surface area contributed by atoms with E-state index in [9.17, 15) is 19.2 Å². The van der Waals surface area contributed by atoms with Crippen LogP contribution in [0.5, 0.6) is 0 Å². The first kappa shape index (κ1) is 28.1. The molecule has 37 heavy (non-hydrogen) atoms. The molecular weight excluding hydrogens is 506 g/mol. The molecular formula is C25H28ClN3O8. The van der Waals surface area contributed by atoms with Crippen molar-refractivity contribution in [1.82, 2.24) is 4.90 Å². The summed E-state index contributed by atoms with van der Waals surface area (Å²) in [5.74, 6) is -3.45. The summed E-state index contributed by atoms with van der Waals surface area (Å²) in [6.45, 7) is 2.01. The predicted octanol–water partition coefficient (Wildman–Crippen LogP) is 2.18. The van der Waals surface area contributed by atoms with Crippen LogP contribution in [0.1, 0.15) is 29.6 Å². The van der Waals surface area contributed by atoms with Gasteiger partial charge in [0.05, 0.1) is 27.6 Å². The second-order valence-electron chi connectivity index (χ2n) is 8.85. The minimum absolute atomic E-state index is 0.0251. The molecule has 2 aliphatic rings. The van der Waals surface area contributed by atoms with Gasteiger partial charge in [0.2, 0.25) is 5.91 Å². The van der Waals surface area contributed by atoms with Gasteiger partial charge in [-0.2, -0.15) is 0 Å². The van der Waals surface area contributed by atoms with E-state index in [0.717, 1.165) is 25.9 Å². The zero-order valence-corrected chi connectivity index (χ0v) is 20.8. The number of carboxylic acid groups (broad SMARTS) is 2. The summed E-state index contributed by atoms with van der Waals surface area (Å²) in [7, 11) is 2.11. The van der Waals surface area contributed by atoms with Crippen LogP contribution >= 0.6 is 11.6 Å². The van der Waals surface area contributed by atoms with E-state index in [4.69, 9.17) is 32.0 Å². The first-order valence-corrected chi connectivity index (χ1v) is 11.9. The molecule has 198 valence electrons. The molecule has 1 fully saturated rings. The number of nitrogens with one attached hydrogen (secondary N) is 1. The van der Waals surface area contributed by atoms with Crippen molar-refractivity contribution in [2.45, 2.75) is 31.5 Å². The molecule has 2 atom stereocenters. The van der Waals surface area contributed by atoms with Crippen molar-refractivity contribution < 1.29 is 39.6 Å². The van der Waals surface area contributed by atoms with Gasteiger partial charge in [-0.05, 0) is 63.2 Å². The van der Waals surface area contributed by atoms with Gasteiger partial charge < -0.3 is 30.6 Å². The number of rotatable bonds is 5. The van der Waals surface area contributed by atoms with E-state index in [2.05, 4.69) is 17.3 Å². The van der Waals surface area contributed by atoms with Crippen LogP contribution in [0.2, 0.25) is 5.02 Å². The molecule has 2 aromatic carbocycles. The van der Waals surface area contributed by atoms with Gasteiger partial charge in [-0.15, -0.1) is 0 Å². The standard InChI is InChI=1S/C21H22ClN3O2.C4H6O6/c1-24-11-9-14(10-12-24)13-19(26)25-18-8-3-2-5-15(18)21(27)23-17-7-4-6-16(22)20(17)25;5-1(3(7)8)2(6)4(9)10/h2-8,14H,9-13H2,1H3,(H,23,27);1-2,5-6H,(H,7,8)(H,9,10). The molecule has 0 aliphatic carbocycles. The van der Waals surface area contributed by atoms with E-state index in [1.54, 1.807) is 41.3 Å². The van der Waals surface area contributed by atoms with Crippen molar-refractivity contribution in [3.63, 3.8) is 0 Å². The minimum atomic E-state index is -2.27. The molecule has 2 unspecified atom stereocenters. The van der Waals surface area contributed by atoms with Gasteiger partial charge in [0, 0.05) is 6.42 Å². The Bertz CT molecular complexity index is 1160. The lowest BCUT2D eigenvalue weighted by atomic mass is 9.93. The molecule has 5 N–H and O–H groups in total. The highest BCUT2D eigenvalue weighted by Gasteiger charge is 2.32. The number of likely N-dealkylation sites (tertiary alicyclic amines) is 1. The van der Waals surface area contributed by atoms with E-state index < -0.39 is 24.1 Å². The van der Waals surface area contributed by atoms with E-state index in [0.29, 0.717) is 40.0 Å². The number of carbonyl (C=O) groups excluding carboxylic acids is 2. The number of aliphatic hydroxyl groups is 2. The molecule has 2 aromatic rings. The fraction of sp³-hybridized carbons (Fsp3) is 0.360. The summed E-state index contributed by atoms with van der Waals surface area (Å²) in [6.07, 6.45) is -2.08. The number of carbonyl (C=O) groups is 4. The first-order chi connectivity index (χ1) is 17.5. The Labute approximate surface area is 217 Å². The van der Waals surface area contributed by atoms with Gasteiger partial charge in [-0.1, -0.05) is 29.8 Å². The third-order valence-electron chi connectivity index (χ3n) is 6.20. The number of nitrogens with zero attached hydrogens (tertiary/aromatic N) is 2. The summed E-state index contributed by atoms with van der Waals surface area (Å²) >= 11 is 6.48. The molecule has 4 rings (SSSR count). The lowest BCUT2D eigenvalue weighted by Gasteiger charge is -2.31. The number of para-hydroxylation sites is 2. The number of hydrogen-bond donors (Lipinski definition) is 5. The molecule has 12 heteroatoms. The van der Waals surface area contributed by atoms with E-state index in [1.807, 2.05) is 6.07 Å². The maximum absolute atomic E-state index is 13.4. The lowest BCUT2D eigenvalue weighted by Crippen LogP contribution is -2.39. The minimum Gasteiger partial charge on any atom is -0.479 e. The van der Waals surface area contributed by atoms with Crippen LogP contribution in [0.25, 0.3) is 0 Å². The lowest BCUT2D eigenvalue weighted by molar-refractivity contribution is -0.165. The topological polar surface area (TPSA) is 168 Å². The molecule has 11 nitrogen and oxygen atoms in total. The average Bonchev–Trinajstić information content (AvgIpc) is 2.99. The summed E-state index contributed by atoms with van der Waals surface area (Å²) in [5.41, 5.74) is 2.16. The molecule has 1 saturated heterocycles. The average molecular weight is 534 g/mol. The summed E-state index contributed by atoms with van der Waals surface area (Å²) in [4.78, 5) is 49.5. The number of fused-ring (bicyclic) bond motifs is 2. The number of carboxylic acids is 2. The highest BCUT2D eigenvalue weighted by Crippen LogP contribution is 2.43. The van der Waals surface area contributed by atoms with Gasteiger partial charge in [0.1, 0.15) is 0 Å². The molecule has 0 aromatic heterocycles. The van der Waals surface area contributed by atoms with Gasteiger partial charge in [0.15, 0.2) is 12.2 Å². The molecule has 2 heterocycles. The molecule has 2 amide bonds. The Hall–Kier alpha value is -3.51. The second kappa shape index (κ2) is 12.2. The first-order valence-electron chi connectivity index (χ1n) is 11.5. The number of hydrogen-bond acceptors (Lipinski definition) is 7. The van der Waals surface area contributed by atoms with Crippen molar-refractivity contribution in [1.29, 1.82) is 0 Å². The number of amides is 2. The number of piperidine rings is 1. The monoisotopic (exact) mass is 533 g/mol. The molecule has 2 aliphatic heterocycles. The molecule has 0 radical (unpaired) electrons. The van der Waals surface area contributed by atoms with Crippen molar-refractivity contribution in [3.8, 4) is 0 Å². The summed E-state index contributed by atoms with van der Waals surface area (Å²) < 4.78 is 0. The number of halogens is 1. The Morgan fingerprint density at radius 1 is 1.00 bits per heavy atom. The van der Waals surface area contributed by atoms with Crippen LogP contribution in [-0.2, 0) is 14.4 Å². The number of benzene rings is 2. The van der Waals surface area contributed by atoms with Crippen molar-refractivity contribution in [2.75, 3.05) is 30.4 Å². The van der Waals surface area contributed by atoms with Crippen molar-refractivity contribution in [3.05, 3.63) is 53.1 Å². The highest BCUT2D eigenvalue weighted by molar-refractivity contribution is 6.36. The van der Waals surface area contributed by atoms with Gasteiger partial charge in [-0.25, -0.2) is 9.59 Å². The van der Waals surface area contributed by atoms with E-state index >= 15 is 0 Å². The fourth-order valence-corrected chi connectivity index (χ4v) is 4.41. The fourth-order valence-electron chi connectivity index (χ4n) is 4.15. The van der Waals surface area contributed by atoms with Crippen LogP contribution in [-0.4, -0.2) is 81.4 Å². The Balaban J connectivity index is 0.000000325. The van der Waals surface area contributed by atoms with Gasteiger partial charge in [-0.3, -0.25) is 14.5 Å². The van der Waals surface area contributed by atoms with E-state index in [-0.39, 0.29) is 11.8 Å². The van der Waals surface area contributed by atoms with Crippen LogP contribution in [0.4, 0.5) is 17.1 Å². The van der Waals surface area contributed by atoms with Gasteiger partial charge >= 0.3 is 11.9 Å². The third kappa shape index (κ3) is 6.63. The highest BCUT2D eigenvalue weighted by atomic mass is 35.5. The zero-order valence-electron chi connectivity index (χ0n) is 20.0. The van der Waals surface area contributed by atoms with Crippen LogP contribution in [0.15, 0.2) is 42.5 Å². The van der Waals surface area contributed by atoms with Crippen LogP contribution in [0.3, 0.4) is 0 Å². The summed E-state index contributed by atoms with van der Waals surface area (Å²) in [5, 5.41) is 35.9. The Morgan fingerprint density at radius 2 is 1.59 bits per heavy atom. The molecule has 0 saturated carbocycles. The Kier molecular flexibility index (Phi) is 9.22. The quantitative estimate of drug-likeness (QED) is 0.387. The normalized spacial score (nSPS) is 17.2. The van der Waals surface area contributed by atoms with Crippen LogP contribution in [0, 0.1) is 5.92 Å². The SMILES string of the molecule is CN1CCC(CC(=O)N2c3ccccc3C(=O)Nc3cccc(Cl)c32)CC1.O=C(O)C(O)C(O)C(=O)O. The third-order valence-corrected chi connectivity index (χ3v) is 6.51. The molecule has 0 spiro atoms. The zero-order chi connectivity index (χ0) is 27.3. The maximum Gasteiger partial charge on any atom is 0.335 e. The van der Waals surface area contributed by atoms with Gasteiger partial charge in [0.25, 0.3) is 5.91 Å². The van der Waals surface area contributed by atoms with Crippen LogP contribution < -0.4 is 10.2 Å². The van der Waals surface area contributed by atoms with Crippen molar-refractivity contribution >= 4 is 52.4 Å². The largest absolute Gasteiger partial charge is 0.479 e. The second-order valence-corrected chi connectivity index (χ2v) is 9.26. The van der Waals surface area contributed by atoms with Crippen molar-refractivity contribution in [2.24, 2.45) is 5.92 Å².